The van der Waals surface area contributed by atoms with Crippen LogP contribution in [0, 0.1) is 16.7 Å². The zero-order valence-corrected chi connectivity index (χ0v) is 13.9. The van der Waals surface area contributed by atoms with Crippen molar-refractivity contribution in [1.82, 2.24) is 4.90 Å². The standard InChI is InChI=1S/C18H27N.ClH/c1-17(2)16-9-11-18(17,3)14-19(13-16)12-10-15-7-5-4-6-8-15;/h4-8,16H,9-14H2,1-3H3;1H. The minimum absolute atomic E-state index is 0. The molecule has 2 unspecified atom stereocenters. The number of fused-ring (bicyclic) bond motifs is 2. The zero-order valence-electron chi connectivity index (χ0n) is 13.1. The Morgan fingerprint density at radius 1 is 1.15 bits per heavy atom. The lowest BCUT2D eigenvalue weighted by Crippen LogP contribution is -2.52. The minimum atomic E-state index is 0. The zero-order chi connectivity index (χ0) is 13.5. The van der Waals surface area contributed by atoms with Crippen LogP contribution in [0.3, 0.4) is 0 Å². The van der Waals surface area contributed by atoms with Gasteiger partial charge in [0.05, 0.1) is 0 Å². The van der Waals surface area contributed by atoms with E-state index in [2.05, 4.69) is 56.0 Å². The first-order valence-corrected chi connectivity index (χ1v) is 7.78. The molecule has 2 fully saturated rings. The van der Waals surface area contributed by atoms with Crippen LogP contribution in [-0.4, -0.2) is 24.5 Å². The number of rotatable bonds is 3. The van der Waals surface area contributed by atoms with Gasteiger partial charge < -0.3 is 4.90 Å². The molecule has 1 nitrogen and oxygen atoms in total. The number of piperidine rings is 1. The quantitative estimate of drug-likeness (QED) is 0.798. The van der Waals surface area contributed by atoms with Gasteiger partial charge in [-0.25, -0.2) is 0 Å². The molecule has 1 saturated carbocycles. The fraction of sp³-hybridized carbons (Fsp3) is 0.667. The van der Waals surface area contributed by atoms with Crippen molar-refractivity contribution >= 4 is 12.4 Å². The average molecular weight is 294 g/mol. The second kappa shape index (κ2) is 5.69. The monoisotopic (exact) mass is 293 g/mol. The molecule has 1 aromatic carbocycles. The van der Waals surface area contributed by atoms with Crippen LogP contribution in [0.1, 0.15) is 39.2 Å². The van der Waals surface area contributed by atoms with Crippen LogP contribution in [0.25, 0.3) is 0 Å². The molecule has 1 aromatic rings. The summed E-state index contributed by atoms with van der Waals surface area (Å²) in [6, 6.07) is 10.9. The summed E-state index contributed by atoms with van der Waals surface area (Å²) in [5, 5.41) is 0. The molecule has 20 heavy (non-hydrogen) atoms. The van der Waals surface area contributed by atoms with Crippen LogP contribution in [0.5, 0.6) is 0 Å². The van der Waals surface area contributed by atoms with E-state index < -0.39 is 0 Å². The Balaban J connectivity index is 0.00000147. The van der Waals surface area contributed by atoms with E-state index in [1.807, 2.05) is 0 Å². The smallest absolute Gasteiger partial charge is 0.00408 e. The van der Waals surface area contributed by atoms with Gasteiger partial charge in [0.15, 0.2) is 0 Å². The van der Waals surface area contributed by atoms with E-state index in [-0.39, 0.29) is 12.4 Å². The van der Waals surface area contributed by atoms with Gasteiger partial charge in [0, 0.05) is 19.6 Å². The summed E-state index contributed by atoms with van der Waals surface area (Å²) in [5.41, 5.74) is 2.55. The number of nitrogens with zero attached hydrogens (tertiary/aromatic N) is 1. The molecule has 3 rings (SSSR count). The Morgan fingerprint density at radius 2 is 1.85 bits per heavy atom. The van der Waals surface area contributed by atoms with Crippen molar-refractivity contribution in [3.63, 3.8) is 0 Å². The lowest BCUT2D eigenvalue weighted by molar-refractivity contribution is -0.0169. The maximum absolute atomic E-state index is 2.72. The molecule has 0 N–H and O–H groups in total. The second-order valence-corrected chi connectivity index (χ2v) is 7.49. The van der Waals surface area contributed by atoms with Gasteiger partial charge in [-0.2, -0.15) is 0 Å². The highest BCUT2D eigenvalue weighted by Gasteiger charge is 2.55. The summed E-state index contributed by atoms with van der Waals surface area (Å²) >= 11 is 0. The van der Waals surface area contributed by atoms with Gasteiger partial charge >= 0.3 is 0 Å². The van der Waals surface area contributed by atoms with Gasteiger partial charge in [0.1, 0.15) is 0 Å². The lowest BCUT2D eigenvalue weighted by Gasteiger charge is -2.50. The summed E-state index contributed by atoms with van der Waals surface area (Å²) in [6.45, 7) is 11.4. The molecule has 1 aliphatic heterocycles. The Hall–Kier alpha value is -0.530. The van der Waals surface area contributed by atoms with Gasteiger partial charge in [-0.05, 0) is 41.6 Å². The number of hydrogen-bond acceptors (Lipinski definition) is 1. The summed E-state index contributed by atoms with van der Waals surface area (Å²) in [4.78, 5) is 2.72. The number of halogens is 1. The molecule has 2 atom stereocenters. The Labute approximate surface area is 130 Å². The maximum Gasteiger partial charge on any atom is 0.00408 e. The van der Waals surface area contributed by atoms with Crippen LogP contribution >= 0.6 is 12.4 Å². The average Bonchev–Trinajstić information content (AvgIpc) is 2.56. The first-order chi connectivity index (χ1) is 9.01. The highest BCUT2D eigenvalue weighted by molar-refractivity contribution is 5.85. The molecule has 2 aliphatic rings. The molecule has 112 valence electrons. The van der Waals surface area contributed by atoms with Crippen molar-refractivity contribution in [2.75, 3.05) is 19.6 Å². The van der Waals surface area contributed by atoms with E-state index in [1.54, 1.807) is 0 Å². The van der Waals surface area contributed by atoms with Crippen molar-refractivity contribution in [2.24, 2.45) is 16.7 Å². The molecule has 2 bridgehead atoms. The molecular formula is C18H28ClN. The van der Waals surface area contributed by atoms with Crippen LogP contribution in [-0.2, 0) is 6.42 Å². The van der Waals surface area contributed by atoms with E-state index in [0.29, 0.717) is 10.8 Å². The third-order valence-electron chi connectivity index (χ3n) is 6.23. The molecule has 1 aliphatic carbocycles. The highest BCUT2D eigenvalue weighted by Crippen LogP contribution is 2.58. The second-order valence-electron chi connectivity index (χ2n) is 7.49. The molecule has 1 saturated heterocycles. The fourth-order valence-electron chi connectivity index (χ4n) is 4.24. The summed E-state index contributed by atoms with van der Waals surface area (Å²) in [6.07, 6.45) is 4.06. The molecule has 1 heterocycles. The normalized spacial score (nSPS) is 31.9. The summed E-state index contributed by atoms with van der Waals surface area (Å²) in [5.74, 6) is 0.905. The highest BCUT2D eigenvalue weighted by atomic mass is 35.5. The van der Waals surface area contributed by atoms with E-state index >= 15 is 0 Å². The number of likely N-dealkylation sites (tertiary alicyclic amines) is 1. The van der Waals surface area contributed by atoms with E-state index in [0.717, 1.165) is 5.92 Å². The van der Waals surface area contributed by atoms with Gasteiger partial charge in [-0.15, -0.1) is 12.4 Å². The number of hydrogen-bond donors (Lipinski definition) is 0. The molecular weight excluding hydrogens is 266 g/mol. The predicted octanol–water partition coefficient (Wildman–Crippen LogP) is 4.41. The fourth-order valence-corrected chi connectivity index (χ4v) is 4.24. The topological polar surface area (TPSA) is 3.24 Å². The van der Waals surface area contributed by atoms with Crippen LogP contribution < -0.4 is 0 Å². The largest absolute Gasteiger partial charge is 0.302 e. The number of benzene rings is 1. The first kappa shape index (κ1) is 15.9. The molecule has 0 aromatic heterocycles. The SMILES string of the molecule is CC12CCC(CN(CCc3ccccc3)C1)C2(C)C.Cl. The van der Waals surface area contributed by atoms with Gasteiger partial charge in [0.2, 0.25) is 0 Å². The predicted molar refractivity (Wildman–Crippen MR) is 88.4 cm³/mol. The van der Waals surface area contributed by atoms with E-state index in [1.165, 1.54) is 44.5 Å². The molecule has 0 radical (unpaired) electrons. The third kappa shape index (κ3) is 2.63. The van der Waals surface area contributed by atoms with Gasteiger partial charge in [-0.1, -0.05) is 51.1 Å². The third-order valence-corrected chi connectivity index (χ3v) is 6.23. The van der Waals surface area contributed by atoms with Gasteiger partial charge in [0.25, 0.3) is 0 Å². The Morgan fingerprint density at radius 3 is 2.50 bits per heavy atom. The Kier molecular flexibility index (Phi) is 4.51. The van der Waals surface area contributed by atoms with Crippen molar-refractivity contribution in [3.05, 3.63) is 35.9 Å². The van der Waals surface area contributed by atoms with Crippen molar-refractivity contribution in [1.29, 1.82) is 0 Å². The molecule has 2 heteroatoms. The lowest BCUT2D eigenvalue weighted by atomic mass is 9.63. The van der Waals surface area contributed by atoms with E-state index in [9.17, 15) is 0 Å². The van der Waals surface area contributed by atoms with Gasteiger partial charge in [-0.3, -0.25) is 0 Å². The van der Waals surface area contributed by atoms with E-state index in [4.69, 9.17) is 0 Å². The Bertz CT molecular complexity index is 442. The maximum atomic E-state index is 2.72. The molecule has 0 spiro atoms. The van der Waals surface area contributed by atoms with Crippen LogP contribution in [0.2, 0.25) is 0 Å². The van der Waals surface area contributed by atoms with Crippen LogP contribution in [0.15, 0.2) is 30.3 Å². The van der Waals surface area contributed by atoms with Crippen molar-refractivity contribution in [3.8, 4) is 0 Å². The van der Waals surface area contributed by atoms with Crippen molar-refractivity contribution in [2.45, 2.75) is 40.0 Å². The van der Waals surface area contributed by atoms with Crippen molar-refractivity contribution < 1.29 is 0 Å². The van der Waals surface area contributed by atoms with Crippen LogP contribution in [0.4, 0.5) is 0 Å². The first-order valence-electron chi connectivity index (χ1n) is 7.78. The molecule has 0 amide bonds. The summed E-state index contributed by atoms with van der Waals surface area (Å²) in [7, 11) is 0. The minimum Gasteiger partial charge on any atom is -0.302 e. The summed E-state index contributed by atoms with van der Waals surface area (Å²) < 4.78 is 0.